The van der Waals surface area contributed by atoms with E-state index in [1.165, 1.54) is 22.3 Å². The van der Waals surface area contributed by atoms with Crippen LogP contribution < -0.4 is 0 Å². The average molecular weight is 172 g/mol. The van der Waals surface area contributed by atoms with Crippen LogP contribution in [0.3, 0.4) is 0 Å². The lowest BCUT2D eigenvalue weighted by Crippen LogP contribution is -1.94. The van der Waals surface area contributed by atoms with Crippen molar-refractivity contribution >= 4 is 0 Å². The van der Waals surface area contributed by atoms with E-state index < -0.39 is 0 Å². The van der Waals surface area contributed by atoms with Gasteiger partial charge in [0.2, 0.25) is 0 Å². The number of aryl methyl sites for hydroxylation is 2. The highest BCUT2D eigenvalue weighted by atomic mass is 14.1. The molecule has 0 N–H and O–H groups in total. The molecule has 0 heteroatoms. The van der Waals surface area contributed by atoms with Crippen LogP contribution in [-0.4, -0.2) is 0 Å². The number of rotatable bonds is 2. The molecule has 0 heterocycles. The van der Waals surface area contributed by atoms with Crippen LogP contribution in [0.15, 0.2) is 12.1 Å². The molecular weight excluding hydrogens is 156 g/mol. The Balaban J connectivity index is 2.98. The molecule has 13 heavy (non-hydrogen) atoms. The van der Waals surface area contributed by atoms with Gasteiger partial charge in [-0.25, -0.2) is 0 Å². The summed E-state index contributed by atoms with van der Waals surface area (Å²) in [4.78, 5) is 0. The van der Waals surface area contributed by atoms with Gasteiger partial charge < -0.3 is 0 Å². The quantitative estimate of drug-likeness (QED) is 0.601. The molecule has 1 aromatic carbocycles. The van der Waals surface area contributed by atoms with Crippen LogP contribution >= 0.6 is 0 Å². The standard InChI is InChI=1S/C13H16/c1-5-6-7-13-9-8-10(2)11(3)12(13)4/h1,8-9H,6-7H2,2-4H3. The molecule has 0 saturated carbocycles. The van der Waals surface area contributed by atoms with E-state index in [1.54, 1.807) is 0 Å². The summed E-state index contributed by atoms with van der Waals surface area (Å²) in [7, 11) is 0. The van der Waals surface area contributed by atoms with E-state index in [1.807, 2.05) is 0 Å². The summed E-state index contributed by atoms with van der Waals surface area (Å²) < 4.78 is 0. The van der Waals surface area contributed by atoms with Gasteiger partial charge in [0, 0.05) is 6.42 Å². The van der Waals surface area contributed by atoms with E-state index >= 15 is 0 Å². The summed E-state index contributed by atoms with van der Waals surface area (Å²) in [6.07, 6.45) is 7.08. The Kier molecular flexibility index (Phi) is 3.14. The third-order valence-corrected chi connectivity index (χ3v) is 2.71. The summed E-state index contributed by atoms with van der Waals surface area (Å²) in [5.74, 6) is 2.68. The fourth-order valence-corrected chi connectivity index (χ4v) is 1.49. The van der Waals surface area contributed by atoms with Crippen LogP contribution in [0.4, 0.5) is 0 Å². The topological polar surface area (TPSA) is 0 Å². The minimum atomic E-state index is 0.837. The smallest absolute Gasteiger partial charge is 0.0127 e. The first-order chi connectivity index (χ1) is 6.16. The second-order valence-corrected chi connectivity index (χ2v) is 3.50. The lowest BCUT2D eigenvalue weighted by Gasteiger charge is -2.09. The van der Waals surface area contributed by atoms with Crippen LogP contribution in [0.5, 0.6) is 0 Å². The summed E-state index contributed by atoms with van der Waals surface area (Å²) in [5, 5.41) is 0. The fraction of sp³-hybridized carbons (Fsp3) is 0.385. The van der Waals surface area contributed by atoms with Gasteiger partial charge in [-0.05, 0) is 49.4 Å². The van der Waals surface area contributed by atoms with Gasteiger partial charge in [-0.3, -0.25) is 0 Å². The van der Waals surface area contributed by atoms with Crippen LogP contribution in [0.1, 0.15) is 28.7 Å². The Hall–Kier alpha value is -1.22. The van der Waals surface area contributed by atoms with Gasteiger partial charge in [0.1, 0.15) is 0 Å². The highest BCUT2D eigenvalue weighted by molar-refractivity contribution is 5.38. The van der Waals surface area contributed by atoms with Gasteiger partial charge in [0.25, 0.3) is 0 Å². The Bertz CT molecular complexity index is 340. The number of hydrogen-bond donors (Lipinski definition) is 0. The molecule has 1 rings (SSSR count). The van der Waals surface area contributed by atoms with Crippen molar-refractivity contribution in [2.24, 2.45) is 0 Å². The third-order valence-electron chi connectivity index (χ3n) is 2.71. The fourth-order valence-electron chi connectivity index (χ4n) is 1.49. The molecule has 0 aromatic heterocycles. The molecule has 0 aliphatic carbocycles. The lowest BCUT2D eigenvalue weighted by atomic mass is 9.96. The first-order valence-corrected chi connectivity index (χ1v) is 4.66. The number of benzene rings is 1. The van der Waals surface area contributed by atoms with Gasteiger partial charge in [-0.15, -0.1) is 12.3 Å². The largest absolute Gasteiger partial charge is 0.120 e. The Labute approximate surface area is 81.0 Å². The molecule has 0 aliphatic heterocycles. The van der Waals surface area contributed by atoms with Gasteiger partial charge >= 0.3 is 0 Å². The van der Waals surface area contributed by atoms with Crippen molar-refractivity contribution in [3.63, 3.8) is 0 Å². The summed E-state index contributed by atoms with van der Waals surface area (Å²) in [5.41, 5.74) is 5.55. The minimum Gasteiger partial charge on any atom is -0.120 e. The van der Waals surface area contributed by atoms with Crippen molar-refractivity contribution in [2.75, 3.05) is 0 Å². The first kappa shape index (κ1) is 9.86. The van der Waals surface area contributed by atoms with Gasteiger partial charge in [-0.1, -0.05) is 12.1 Å². The lowest BCUT2D eigenvalue weighted by molar-refractivity contribution is 1.00. The molecule has 0 aliphatic rings. The second kappa shape index (κ2) is 4.14. The SMILES string of the molecule is C#CCCc1ccc(C)c(C)c1C. The van der Waals surface area contributed by atoms with E-state index in [2.05, 4.69) is 38.8 Å². The van der Waals surface area contributed by atoms with E-state index in [-0.39, 0.29) is 0 Å². The highest BCUT2D eigenvalue weighted by Crippen LogP contribution is 2.17. The second-order valence-electron chi connectivity index (χ2n) is 3.50. The maximum atomic E-state index is 5.24. The van der Waals surface area contributed by atoms with Crippen LogP contribution in [0.2, 0.25) is 0 Å². The zero-order chi connectivity index (χ0) is 9.84. The average Bonchev–Trinajstić information content (AvgIpc) is 2.13. The highest BCUT2D eigenvalue weighted by Gasteiger charge is 2.02. The Morgan fingerprint density at radius 3 is 2.46 bits per heavy atom. The number of terminal acetylenes is 1. The predicted octanol–water partition coefficient (Wildman–Crippen LogP) is 3.18. The van der Waals surface area contributed by atoms with Crippen LogP contribution in [0.25, 0.3) is 0 Å². The van der Waals surface area contributed by atoms with Gasteiger partial charge in [-0.2, -0.15) is 0 Å². The van der Waals surface area contributed by atoms with Crippen molar-refractivity contribution in [3.05, 3.63) is 34.4 Å². The van der Waals surface area contributed by atoms with Crippen LogP contribution in [-0.2, 0) is 6.42 Å². The Morgan fingerprint density at radius 1 is 1.15 bits per heavy atom. The van der Waals surface area contributed by atoms with Crippen LogP contribution in [0, 0.1) is 33.1 Å². The molecule has 1 aromatic rings. The molecule has 0 unspecified atom stereocenters. The Morgan fingerprint density at radius 2 is 1.85 bits per heavy atom. The van der Waals surface area contributed by atoms with E-state index in [0.29, 0.717) is 0 Å². The van der Waals surface area contributed by atoms with E-state index in [0.717, 1.165) is 12.8 Å². The maximum Gasteiger partial charge on any atom is 0.0127 e. The minimum absolute atomic E-state index is 0.837. The van der Waals surface area contributed by atoms with Crippen molar-refractivity contribution in [2.45, 2.75) is 33.6 Å². The molecule has 0 fully saturated rings. The molecule has 0 spiro atoms. The van der Waals surface area contributed by atoms with Crippen molar-refractivity contribution in [3.8, 4) is 12.3 Å². The molecule has 0 amide bonds. The third kappa shape index (κ3) is 2.12. The van der Waals surface area contributed by atoms with Crippen molar-refractivity contribution in [1.29, 1.82) is 0 Å². The molecule has 0 saturated heterocycles. The van der Waals surface area contributed by atoms with E-state index in [4.69, 9.17) is 6.42 Å². The molecule has 0 atom stereocenters. The zero-order valence-corrected chi connectivity index (χ0v) is 8.65. The molecule has 68 valence electrons. The monoisotopic (exact) mass is 172 g/mol. The number of hydrogen-bond acceptors (Lipinski definition) is 0. The molecular formula is C13H16. The zero-order valence-electron chi connectivity index (χ0n) is 8.65. The summed E-state index contributed by atoms with van der Waals surface area (Å²) in [6.45, 7) is 6.49. The maximum absolute atomic E-state index is 5.24. The molecule has 0 bridgehead atoms. The normalized spacial score (nSPS) is 9.69. The molecule has 0 nitrogen and oxygen atoms in total. The summed E-state index contributed by atoms with van der Waals surface area (Å²) in [6, 6.07) is 4.36. The first-order valence-electron chi connectivity index (χ1n) is 4.66. The molecule has 0 radical (unpaired) electrons. The predicted molar refractivity (Wildman–Crippen MR) is 57.8 cm³/mol. The van der Waals surface area contributed by atoms with Gasteiger partial charge in [0.15, 0.2) is 0 Å². The summed E-state index contributed by atoms with van der Waals surface area (Å²) >= 11 is 0. The van der Waals surface area contributed by atoms with Gasteiger partial charge in [0.05, 0.1) is 0 Å². The van der Waals surface area contributed by atoms with Crippen molar-refractivity contribution < 1.29 is 0 Å². The van der Waals surface area contributed by atoms with E-state index in [9.17, 15) is 0 Å². The van der Waals surface area contributed by atoms with Crippen molar-refractivity contribution in [1.82, 2.24) is 0 Å².